The fourth-order valence-corrected chi connectivity index (χ4v) is 1.72. The highest BCUT2D eigenvalue weighted by molar-refractivity contribution is 6.34. The molecular weight excluding hydrogens is 278 g/mol. The number of amides is 2. The maximum atomic E-state index is 12.1. The number of rotatable bonds is 5. The van der Waals surface area contributed by atoms with Gasteiger partial charge in [-0.2, -0.15) is 0 Å². The molecule has 6 heteroatoms. The molecule has 0 bridgehead atoms. The Bertz CT molecular complexity index is 515. The molecule has 0 heterocycles. The maximum absolute atomic E-state index is 12.1. The third kappa shape index (κ3) is 4.51. The molecule has 1 aromatic rings. The van der Waals surface area contributed by atoms with E-state index in [1.165, 1.54) is 6.07 Å². The SMILES string of the molecule is CCC(C)(C)NC(=O)c1ccc(NC(=O)CN)cc1Cl. The lowest BCUT2D eigenvalue weighted by Crippen LogP contribution is -2.42. The Morgan fingerprint density at radius 1 is 1.35 bits per heavy atom. The van der Waals surface area contributed by atoms with Gasteiger partial charge in [0.2, 0.25) is 5.91 Å². The minimum absolute atomic E-state index is 0.107. The second-order valence-corrected chi connectivity index (χ2v) is 5.55. The summed E-state index contributed by atoms with van der Waals surface area (Å²) in [6.07, 6.45) is 0.807. The highest BCUT2D eigenvalue weighted by atomic mass is 35.5. The normalized spacial score (nSPS) is 11.1. The van der Waals surface area contributed by atoms with Crippen LogP contribution in [0.4, 0.5) is 5.69 Å². The van der Waals surface area contributed by atoms with Gasteiger partial charge in [0.25, 0.3) is 5.91 Å². The van der Waals surface area contributed by atoms with E-state index in [1.807, 2.05) is 20.8 Å². The van der Waals surface area contributed by atoms with Crippen LogP contribution in [-0.2, 0) is 4.79 Å². The van der Waals surface area contributed by atoms with Crippen LogP contribution in [0.1, 0.15) is 37.6 Å². The summed E-state index contributed by atoms with van der Waals surface area (Å²) in [7, 11) is 0. The highest BCUT2D eigenvalue weighted by Gasteiger charge is 2.20. The molecule has 0 aliphatic carbocycles. The summed E-state index contributed by atoms with van der Waals surface area (Å²) in [6, 6.07) is 4.73. The van der Waals surface area contributed by atoms with Gasteiger partial charge in [-0.15, -0.1) is 0 Å². The van der Waals surface area contributed by atoms with Gasteiger partial charge in [-0.3, -0.25) is 9.59 Å². The van der Waals surface area contributed by atoms with Crippen molar-refractivity contribution in [3.8, 4) is 0 Å². The van der Waals surface area contributed by atoms with Crippen LogP contribution in [0.3, 0.4) is 0 Å². The second-order valence-electron chi connectivity index (χ2n) is 5.14. The van der Waals surface area contributed by atoms with Gasteiger partial charge in [-0.1, -0.05) is 18.5 Å². The van der Waals surface area contributed by atoms with E-state index in [2.05, 4.69) is 10.6 Å². The Hall–Kier alpha value is -1.59. The molecular formula is C14H20ClN3O2. The van der Waals surface area contributed by atoms with Crippen molar-refractivity contribution in [2.45, 2.75) is 32.7 Å². The molecule has 20 heavy (non-hydrogen) atoms. The zero-order valence-corrected chi connectivity index (χ0v) is 12.7. The quantitative estimate of drug-likeness (QED) is 0.778. The first-order valence-electron chi connectivity index (χ1n) is 6.41. The lowest BCUT2D eigenvalue weighted by atomic mass is 10.0. The van der Waals surface area contributed by atoms with E-state index in [0.29, 0.717) is 11.3 Å². The lowest BCUT2D eigenvalue weighted by molar-refractivity contribution is -0.114. The van der Waals surface area contributed by atoms with E-state index in [9.17, 15) is 9.59 Å². The third-order valence-electron chi connectivity index (χ3n) is 3.02. The van der Waals surface area contributed by atoms with Gasteiger partial charge in [-0.25, -0.2) is 0 Å². The van der Waals surface area contributed by atoms with E-state index in [0.717, 1.165) is 6.42 Å². The summed E-state index contributed by atoms with van der Waals surface area (Å²) in [6.45, 7) is 5.77. The van der Waals surface area contributed by atoms with Crippen molar-refractivity contribution in [2.75, 3.05) is 11.9 Å². The first kappa shape index (κ1) is 16.5. The van der Waals surface area contributed by atoms with Gasteiger partial charge in [0.05, 0.1) is 17.1 Å². The van der Waals surface area contributed by atoms with Crippen LogP contribution < -0.4 is 16.4 Å². The zero-order chi connectivity index (χ0) is 15.3. The first-order valence-corrected chi connectivity index (χ1v) is 6.79. The molecule has 5 nitrogen and oxygen atoms in total. The fraction of sp³-hybridized carbons (Fsp3) is 0.429. The third-order valence-corrected chi connectivity index (χ3v) is 3.33. The molecule has 0 aliphatic heterocycles. The molecule has 1 rings (SSSR count). The van der Waals surface area contributed by atoms with Gasteiger partial charge in [0, 0.05) is 11.2 Å². The number of carbonyl (C=O) groups excluding carboxylic acids is 2. The molecule has 0 aliphatic rings. The van der Waals surface area contributed by atoms with Gasteiger partial charge in [0.1, 0.15) is 0 Å². The van der Waals surface area contributed by atoms with Crippen LogP contribution in [0.25, 0.3) is 0 Å². The largest absolute Gasteiger partial charge is 0.347 e. The molecule has 1 aromatic carbocycles. The molecule has 0 aromatic heterocycles. The van der Waals surface area contributed by atoms with Crippen LogP contribution in [-0.4, -0.2) is 23.9 Å². The van der Waals surface area contributed by atoms with Crippen molar-refractivity contribution in [3.05, 3.63) is 28.8 Å². The van der Waals surface area contributed by atoms with E-state index in [4.69, 9.17) is 17.3 Å². The number of halogens is 1. The van der Waals surface area contributed by atoms with Crippen molar-refractivity contribution in [3.63, 3.8) is 0 Å². The molecule has 2 amide bonds. The van der Waals surface area contributed by atoms with Crippen LogP contribution in [0.2, 0.25) is 5.02 Å². The average Bonchev–Trinajstić information content (AvgIpc) is 2.38. The van der Waals surface area contributed by atoms with Crippen LogP contribution in [0, 0.1) is 0 Å². The minimum atomic E-state index is -0.314. The molecule has 0 fully saturated rings. The lowest BCUT2D eigenvalue weighted by Gasteiger charge is -2.24. The summed E-state index contributed by atoms with van der Waals surface area (Å²) >= 11 is 6.08. The standard InChI is InChI=1S/C14H20ClN3O2/c1-4-14(2,3)18-13(20)10-6-5-9(7-11(10)15)17-12(19)8-16/h5-7H,4,8,16H2,1-3H3,(H,17,19)(H,18,20). The maximum Gasteiger partial charge on any atom is 0.253 e. The molecule has 0 saturated carbocycles. The first-order chi connectivity index (χ1) is 9.29. The summed E-state index contributed by atoms with van der Waals surface area (Å²) in [5.41, 5.74) is 5.80. The number of nitrogens with two attached hydrogens (primary N) is 1. The van der Waals surface area contributed by atoms with Gasteiger partial charge in [0.15, 0.2) is 0 Å². The van der Waals surface area contributed by atoms with Gasteiger partial charge >= 0.3 is 0 Å². The number of hydrogen-bond acceptors (Lipinski definition) is 3. The van der Waals surface area contributed by atoms with Crippen molar-refractivity contribution in [1.82, 2.24) is 5.32 Å². The molecule has 0 radical (unpaired) electrons. The van der Waals surface area contributed by atoms with Crippen LogP contribution in [0.5, 0.6) is 0 Å². The van der Waals surface area contributed by atoms with E-state index < -0.39 is 0 Å². The van der Waals surface area contributed by atoms with Crippen molar-refractivity contribution < 1.29 is 9.59 Å². The van der Waals surface area contributed by atoms with Gasteiger partial charge in [-0.05, 0) is 38.5 Å². The summed E-state index contributed by atoms with van der Waals surface area (Å²) in [5, 5.41) is 5.76. The topological polar surface area (TPSA) is 84.2 Å². The number of benzene rings is 1. The molecule has 4 N–H and O–H groups in total. The Balaban J connectivity index is 2.88. The number of nitrogens with one attached hydrogen (secondary N) is 2. The summed E-state index contributed by atoms with van der Waals surface area (Å²) < 4.78 is 0. The minimum Gasteiger partial charge on any atom is -0.347 e. The van der Waals surface area contributed by atoms with Crippen molar-refractivity contribution in [2.24, 2.45) is 5.73 Å². The molecule has 0 unspecified atom stereocenters. The van der Waals surface area contributed by atoms with Crippen LogP contribution >= 0.6 is 11.6 Å². The second kappa shape index (κ2) is 6.72. The van der Waals surface area contributed by atoms with Crippen molar-refractivity contribution >= 4 is 29.1 Å². The van der Waals surface area contributed by atoms with E-state index in [-0.39, 0.29) is 28.9 Å². The Morgan fingerprint density at radius 3 is 2.50 bits per heavy atom. The summed E-state index contributed by atoms with van der Waals surface area (Å²) in [5.74, 6) is -0.552. The molecule has 110 valence electrons. The fourth-order valence-electron chi connectivity index (χ4n) is 1.45. The predicted octanol–water partition coefficient (Wildman–Crippen LogP) is 2.16. The summed E-state index contributed by atoms with van der Waals surface area (Å²) in [4.78, 5) is 23.3. The average molecular weight is 298 g/mol. The van der Waals surface area contributed by atoms with Crippen LogP contribution in [0.15, 0.2) is 18.2 Å². The predicted molar refractivity (Wildman–Crippen MR) is 81.0 cm³/mol. The number of carbonyl (C=O) groups is 2. The molecule has 0 atom stereocenters. The monoisotopic (exact) mass is 297 g/mol. The smallest absolute Gasteiger partial charge is 0.253 e. The number of anilines is 1. The van der Waals surface area contributed by atoms with E-state index >= 15 is 0 Å². The highest BCUT2D eigenvalue weighted by Crippen LogP contribution is 2.22. The van der Waals surface area contributed by atoms with Crippen molar-refractivity contribution in [1.29, 1.82) is 0 Å². The molecule has 0 saturated heterocycles. The Kier molecular flexibility index (Phi) is 5.53. The van der Waals surface area contributed by atoms with E-state index in [1.54, 1.807) is 12.1 Å². The van der Waals surface area contributed by atoms with Gasteiger partial charge < -0.3 is 16.4 Å². The molecule has 0 spiro atoms. The number of hydrogen-bond donors (Lipinski definition) is 3. The Labute approximate surface area is 123 Å². The zero-order valence-electron chi connectivity index (χ0n) is 11.9. The Morgan fingerprint density at radius 2 is 2.00 bits per heavy atom.